The maximum atomic E-state index is 4.29. The van der Waals surface area contributed by atoms with Crippen molar-refractivity contribution >= 4 is 15.9 Å². The Morgan fingerprint density at radius 2 is 2.13 bits per heavy atom. The lowest BCUT2D eigenvalue weighted by atomic mass is 10.3. The molecule has 0 fully saturated rings. The van der Waals surface area contributed by atoms with Gasteiger partial charge in [-0.25, -0.2) is 0 Å². The van der Waals surface area contributed by atoms with Crippen LogP contribution in [0.3, 0.4) is 0 Å². The summed E-state index contributed by atoms with van der Waals surface area (Å²) in [7, 11) is 0. The zero-order valence-electron chi connectivity index (χ0n) is 9.09. The second-order valence-electron chi connectivity index (χ2n) is 3.32. The first-order valence-electron chi connectivity index (χ1n) is 5.35. The molecule has 0 radical (unpaired) electrons. The molecule has 4 heteroatoms. The molecule has 0 unspecified atom stereocenters. The van der Waals surface area contributed by atoms with E-state index in [1.54, 1.807) is 0 Å². The van der Waals surface area contributed by atoms with E-state index in [0.717, 1.165) is 42.8 Å². The molecule has 0 spiro atoms. The number of pyridine rings is 1. The number of hydrogen-bond acceptors (Lipinski definition) is 3. The van der Waals surface area contributed by atoms with E-state index < -0.39 is 0 Å². The third-order valence-corrected chi connectivity index (χ3v) is 2.81. The van der Waals surface area contributed by atoms with E-state index in [0.29, 0.717) is 0 Å². The molecule has 1 aromatic heterocycles. The van der Waals surface area contributed by atoms with Gasteiger partial charge in [-0.3, -0.25) is 4.98 Å². The van der Waals surface area contributed by atoms with Crippen LogP contribution in [0.1, 0.15) is 19.0 Å². The molecule has 3 nitrogen and oxygen atoms in total. The van der Waals surface area contributed by atoms with Crippen molar-refractivity contribution in [3.63, 3.8) is 0 Å². The molecule has 0 bridgehead atoms. The van der Waals surface area contributed by atoms with Crippen molar-refractivity contribution in [2.75, 3.05) is 19.6 Å². The molecule has 0 aliphatic heterocycles. The van der Waals surface area contributed by atoms with Gasteiger partial charge in [0.25, 0.3) is 0 Å². The van der Waals surface area contributed by atoms with Crippen molar-refractivity contribution in [1.82, 2.24) is 15.6 Å². The number of nitrogens with zero attached hydrogens (tertiary/aromatic N) is 1. The molecule has 84 valence electrons. The first-order valence-corrected chi connectivity index (χ1v) is 6.14. The first kappa shape index (κ1) is 12.6. The van der Waals surface area contributed by atoms with Crippen molar-refractivity contribution in [3.8, 4) is 0 Å². The van der Waals surface area contributed by atoms with Crippen molar-refractivity contribution in [1.29, 1.82) is 0 Å². The maximum absolute atomic E-state index is 4.29. The average molecular weight is 272 g/mol. The Morgan fingerprint density at radius 3 is 2.87 bits per heavy atom. The fourth-order valence-corrected chi connectivity index (χ4v) is 1.67. The molecule has 1 heterocycles. The highest BCUT2D eigenvalue weighted by Crippen LogP contribution is 2.12. The molecule has 1 rings (SSSR count). The number of halogens is 1. The third kappa shape index (κ3) is 5.25. The average Bonchev–Trinajstić information content (AvgIpc) is 2.25. The van der Waals surface area contributed by atoms with E-state index in [1.807, 2.05) is 18.3 Å². The lowest BCUT2D eigenvalue weighted by Crippen LogP contribution is -2.21. The summed E-state index contributed by atoms with van der Waals surface area (Å²) in [5.74, 6) is 0. The Morgan fingerprint density at radius 1 is 1.33 bits per heavy atom. The van der Waals surface area contributed by atoms with Gasteiger partial charge in [0.1, 0.15) is 0 Å². The van der Waals surface area contributed by atoms with E-state index in [-0.39, 0.29) is 0 Å². The van der Waals surface area contributed by atoms with Crippen LogP contribution >= 0.6 is 15.9 Å². The van der Waals surface area contributed by atoms with Crippen LogP contribution in [0, 0.1) is 0 Å². The Bertz CT molecular complexity index is 278. The van der Waals surface area contributed by atoms with Gasteiger partial charge in [0, 0.05) is 17.2 Å². The van der Waals surface area contributed by atoms with Gasteiger partial charge >= 0.3 is 0 Å². The quantitative estimate of drug-likeness (QED) is 0.745. The largest absolute Gasteiger partial charge is 0.317 e. The van der Waals surface area contributed by atoms with E-state index >= 15 is 0 Å². The third-order valence-electron chi connectivity index (χ3n) is 2.08. The summed E-state index contributed by atoms with van der Waals surface area (Å²) in [6.45, 7) is 6.10. The summed E-state index contributed by atoms with van der Waals surface area (Å²) in [5.41, 5.74) is 1.07. The Labute approximate surface area is 99.8 Å². The molecule has 0 atom stereocenters. The smallest absolute Gasteiger partial charge is 0.0683 e. The highest BCUT2D eigenvalue weighted by molar-refractivity contribution is 9.10. The van der Waals surface area contributed by atoms with Gasteiger partial charge in [-0.1, -0.05) is 6.92 Å². The van der Waals surface area contributed by atoms with E-state index in [4.69, 9.17) is 0 Å². The summed E-state index contributed by atoms with van der Waals surface area (Å²) in [5, 5.41) is 6.66. The lowest BCUT2D eigenvalue weighted by molar-refractivity contribution is 0.600. The predicted molar refractivity (Wildman–Crippen MR) is 66.8 cm³/mol. The number of nitrogens with one attached hydrogen (secondary N) is 2. The number of aromatic nitrogens is 1. The zero-order chi connectivity index (χ0) is 10.9. The summed E-state index contributed by atoms with van der Waals surface area (Å²) >= 11 is 3.48. The van der Waals surface area contributed by atoms with Crippen LogP contribution in [0.25, 0.3) is 0 Å². The van der Waals surface area contributed by atoms with Crippen LogP contribution in [0.5, 0.6) is 0 Å². The normalized spacial score (nSPS) is 10.5. The van der Waals surface area contributed by atoms with Gasteiger partial charge in [-0.05, 0) is 54.1 Å². The Balaban J connectivity index is 2.12. The molecule has 0 aromatic carbocycles. The summed E-state index contributed by atoms with van der Waals surface area (Å²) in [6, 6.07) is 3.95. The van der Waals surface area contributed by atoms with Crippen LogP contribution in [-0.4, -0.2) is 24.6 Å². The first-order chi connectivity index (χ1) is 7.34. The van der Waals surface area contributed by atoms with Gasteiger partial charge in [-0.2, -0.15) is 0 Å². The molecule has 15 heavy (non-hydrogen) atoms. The predicted octanol–water partition coefficient (Wildman–Crippen LogP) is 1.93. The van der Waals surface area contributed by atoms with Crippen LogP contribution in [-0.2, 0) is 6.54 Å². The number of hydrogen-bond donors (Lipinski definition) is 2. The fraction of sp³-hybridized carbons (Fsp3) is 0.545. The monoisotopic (exact) mass is 271 g/mol. The molecular weight excluding hydrogens is 254 g/mol. The van der Waals surface area contributed by atoms with Crippen molar-refractivity contribution < 1.29 is 0 Å². The Hall–Kier alpha value is -0.450. The minimum Gasteiger partial charge on any atom is -0.317 e. The maximum Gasteiger partial charge on any atom is 0.0683 e. The topological polar surface area (TPSA) is 37.0 Å². The van der Waals surface area contributed by atoms with Gasteiger partial charge in [-0.15, -0.1) is 0 Å². The Kier molecular flexibility index (Phi) is 6.55. The van der Waals surface area contributed by atoms with Crippen molar-refractivity contribution in [2.45, 2.75) is 19.9 Å². The molecule has 0 aliphatic rings. The van der Waals surface area contributed by atoms with Crippen LogP contribution in [0.2, 0.25) is 0 Å². The van der Waals surface area contributed by atoms with E-state index in [1.165, 1.54) is 0 Å². The fourth-order valence-electron chi connectivity index (χ4n) is 1.27. The summed E-state index contributed by atoms with van der Waals surface area (Å²) < 4.78 is 1.07. The minimum atomic E-state index is 0.827. The minimum absolute atomic E-state index is 0.827. The molecule has 2 N–H and O–H groups in total. The molecule has 0 amide bonds. The summed E-state index contributed by atoms with van der Waals surface area (Å²) in [6.07, 6.45) is 2.97. The highest BCUT2D eigenvalue weighted by Gasteiger charge is 1.98. The molecule has 0 aliphatic carbocycles. The summed E-state index contributed by atoms with van der Waals surface area (Å²) in [4.78, 5) is 4.29. The molecular formula is C11H18BrN3. The van der Waals surface area contributed by atoms with E-state index in [2.05, 4.69) is 38.5 Å². The van der Waals surface area contributed by atoms with Crippen molar-refractivity contribution in [3.05, 3.63) is 28.5 Å². The van der Waals surface area contributed by atoms with Gasteiger partial charge in [0.2, 0.25) is 0 Å². The second kappa shape index (κ2) is 7.79. The van der Waals surface area contributed by atoms with Crippen LogP contribution in [0.4, 0.5) is 0 Å². The zero-order valence-corrected chi connectivity index (χ0v) is 10.7. The molecule has 0 saturated heterocycles. The molecule has 0 saturated carbocycles. The van der Waals surface area contributed by atoms with Gasteiger partial charge < -0.3 is 10.6 Å². The standard InChI is InChI=1S/C11H18BrN3/c1-2-13-6-4-7-14-9-11-10(12)5-3-8-15-11/h3,5,8,13-14H,2,4,6-7,9H2,1H3. The SMILES string of the molecule is CCNCCCNCc1ncccc1Br. The van der Waals surface area contributed by atoms with E-state index in [9.17, 15) is 0 Å². The number of rotatable bonds is 7. The van der Waals surface area contributed by atoms with Crippen LogP contribution < -0.4 is 10.6 Å². The lowest BCUT2D eigenvalue weighted by Gasteiger charge is -2.05. The highest BCUT2D eigenvalue weighted by atomic mass is 79.9. The van der Waals surface area contributed by atoms with Gasteiger partial charge in [0.05, 0.1) is 5.69 Å². The van der Waals surface area contributed by atoms with Gasteiger partial charge in [0.15, 0.2) is 0 Å². The van der Waals surface area contributed by atoms with Crippen LogP contribution in [0.15, 0.2) is 22.8 Å². The second-order valence-corrected chi connectivity index (χ2v) is 4.17. The van der Waals surface area contributed by atoms with Crippen molar-refractivity contribution in [2.24, 2.45) is 0 Å². The molecule has 1 aromatic rings.